The molecule has 3 N–H and O–H groups in total. The van der Waals surface area contributed by atoms with Crippen LogP contribution in [0.15, 0.2) is 12.2 Å². The lowest BCUT2D eigenvalue weighted by atomic mass is 10.4. The third-order valence-electron chi connectivity index (χ3n) is 1.17. The Bertz CT molecular complexity index is 224. The lowest BCUT2D eigenvalue weighted by Gasteiger charge is -2.03. The Labute approximate surface area is 83.3 Å². The molecule has 0 spiro atoms. The number of hydrogen-bond donors (Lipinski definition) is 2. The molecule has 5 nitrogen and oxygen atoms in total. The second-order valence-electron chi connectivity index (χ2n) is 2.90. The predicted molar refractivity (Wildman–Crippen MR) is 52.4 cm³/mol. The van der Waals surface area contributed by atoms with E-state index in [1.807, 2.05) is 0 Å². The maximum atomic E-state index is 10.9. The molecular formula is C9H16N2O3. The lowest BCUT2D eigenvalue weighted by Crippen LogP contribution is -2.27. The summed E-state index contributed by atoms with van der Waals surface area (Å²) >= 11 is 0. The standard InChI is InChI=1S/C9H16N2O3/c1-7(2)14-9(13)4-3-8(12)11-6-5-10/h3-4,7H,5-6,10H2,1-2H3,(H,11,12)/b4-3-. The van der Waals surface area contributed by atoms with E-state index in [1.165, 1.54) is 0 Å². The normalized spacial score (nSPS) is 10.6. The first kappa shape index (κ1) is 12.6. The van der Waals surface area contributed by atoms with Gasteiger partial charge in [-0.2, -0.15) is 0 Å². The van der Waals surface area contributed by atoms with Crippen LogP contribution in [0.5, 0.6) is 0 Å². The fraction of sp³-hybridized carbons (Fsp3) is 0.556. The third-order valence-corrected chi connectivity index (χ3v) is 1.17. The van der Waals surface area contributed by atoms with Gasteiger partial charge in [0, 0.05) is 25.2 Å². The van der Waals surface area contributed by atoms with E-state index in [2.05, 4.69) is 5.32 Å². The van der Waals surface area contributed by atoms with Crippen LogP contribution in [-0.4, -0.2) is 31.1 Å². The number of carbonyl (C=O) groups excluding carboxylic acids is 2. The van der Waals surface area contributed by atoms with Gasteiger partial charge < -0.3 is 15.8 Å². The van der Waals surface area contributed by atoms with Gasteiger partial charge in [-0.15, -0.1) is 0 Å². The van der Waals surface area contributed by atoms with Crippen molar-refractivity contribution in [3.8, 4) is 0 Å². The summed E-state index contributed by atoms with van der Waals surface area (Å²) < 4.78 is 4.77. The number of nitrogens with one attached hydrogen (secondary N) is 1. The van der Waals surface area contributed by atoms with Crippen LogP contribution in [0.1, 0.15) is 13.8 Å². The Morgan fingerprint density at radius 2 is 2.07 bits per heavy atom. The number of rotatable bonds is 5. The zero-order valence-electron chi connectivity index (χ0n) is 8.45. The van der Waals surface area contributed by atoms with Crippen LogP contribution < -0.4 is 11.1 Å². The third kappa shape index (κ3) is 7.30. The first-order chi connectivity index (χ1) is 6.56. The van der Waals surface area contributed by atoms with E-state index in [-0.39, 0.29) is 12.0 Å². The van der Waals surface area contributed by atoms with Gasteiger partial charge in [-0.1, -0.05) is 0 Å². The van der Waals surface area contributed by atoms with Crippen molar-refractivity contribution in [3.05, 3.63) is 12.2 Å². The molecule has 0 fully saturated rings. The first-order valence-corrected chi connectivity index (χ1v) is 4.43. The van der Waals surface area contributed by atoms with Crippen molar-refractivity contribution in [1.82, 2.24) is 5.32 Å². The molecule has 0 aromatic heterocycles. The summed E-state index contributed by atoms with van der Waals surface area (Å²) in [5.74, 6) is -0.876. The second kappa shape index (κ2) is 7.08. The molecule has 0 aliphatic carbocycles. The van der Waals surface area contributed by atoms with E-state index in [1.54, 1.807) is 13.8 Å². The summed E-state index contributed by atoms with van der Waals surface area (Å²) in [6.07, 6.45) is 2.03. The van der Waals surface area contributed by atoms with E-state index in [9.17, 15) is 9.59 Å². The number of ether oxygens (including phenoxy) is 1. The summed E-state index contributed by atoms with van der Waals surface area (Å²) in [5.41, 5.74) is 5.17. The fourth-order valence-electron chi connectivity index (χ4n) is 0.670. The number of amides is 1. The molecule has 14 heavy (non-hydrogen) atoms. The van der Waals surface area contributed by atoms with Crippen molar-refractivity contribution >= 4 is 11.9 Å². The molecule has 0 saturated heterocycles. The van der Waals surface area contributed by atoms with Crippen molar-refractivity contribution in [2.75, 3.05) is 13.1 Å². The highest BCUT2D eigenvalue weighted by molar-refractivity contribution is 5.94. The molecule has 0 rings (SSSR count). The summed E-state index contributed by atoms with van der Waals surface area (Å²) in [6, 6.07) is 0. The van der Waals surface area contributed by atoms with E-state index >= 15 is 0 Å². The summed E-state index contributed by atoms with van der Waals surface area (Å²) in [4.78, 5) is 21.8. The topological polar surface area (TPSA) is 81.4 Å². The molecule has 1 amide bonds. The van der Waals surface area contributed by atoms with Gasteiger partial charge in [-0.3, -0.25) is 4.79 Å². The SMILES string of the molecule is CC(C)OC(=O)/C=C\C(=O)NCCN. The van der Waals surface area contributed by atoms with E-state index < -0.39 is 5.97 Å². The van der Waals surface area contributed by atoms with Crippen LogP contribution in [0, 0.1) is 0 Å². The maximum absolute atomic E-state index is 10.9. The average molecular weight is 200 g/mol. The molecule has 5 heteroatoms. The van der Waals surface area contributed by atoms with Crippen LogP contribution in [0.4, 0.5) is 0 Å². The summed E-state index contributed by atoms with van der Waals surface area (Å²) in [7, 11) is 0. The largest absolute Gasteiger partial charge is 0.460 e. The molecule has 0 atom stereocenters. The van der Waals surface area contributed by atoms with Crippen molar-refractivity contribution in [2.24, 2.45) is 5.73 Å². The van der Waals surface area contributed by atoms with E-state index in [0.717, 1.165) is 12.2 Å². The van der Waals surface area contributed by atoms with E-state index in [4.69, 9.17) is 10.5 Å². The maximum Gasteiger partial charge on any atom is 0.331 e. The highest BCUT2D eigenvalue weighted by atomic mass is 16.5. The molecule has 0 aliphatic heterocycles. The molecule has 0 bridgehead atoms. The van der Waals surface area contributed by atoms with Gasteiger partial charge in [0.15, 0.2) is 0 Å². The van der Waals surface area contributed by atoms with Crippen LogP contribution >= 0.6 is 0 Å². The number of nitrogens with two attached hydrogens (primary N) is 1. The number of hydrogen-bond acceptors (Lipinski definition) is 4. The summed E-state index contributed by atoms with van der Waals surface area (Å²) in [6.45, 7) is 4.24. The van der Waals surface area contributed by atoms with Crippen LogP contribution in [0.3, 0.4) is 0 Å². The van der Waals surface area contributed by atoms with Gasteiger partial charge >= 0.3 is 5.97 Å². The molecule has 0 aromatic carbocycles. The lowest BCUT2D eigenvalue weighted by molar-refractivity contribution is -0.141. The molecule has 0 unspecified atom stereocenters. The molecule has 0 aromatic rings. The van der Waals surface area contributed by atoms with Crippen LogP contribution in [0.2, 0.25) is 0 Å². The van der Waals surface area contributed by atoms with Gasteiger partial charge in [0.25, 0.3) is 0 Å². The minimum absolute atomic E-state index is 0.181. The monoisotopic (exact) mass is 200 g/mol. The fourth-order valence-corrected chi connectivity index (χ4v) is 0.670. The zero-order chi connectivity index (χ0) is 11.0. The molecule has 0 saturated carbocycles. The van der Waals surface area contributed by atoms with Crippen molar-refractivity contribution in [1.29, 1.82) is 0 Å². The molecule has 80 valence electrons. The number of esters is 1. The Hall–Kier alpha value is -1.36. The predicted octanol–water partition coefficient (Wildman–Crippen LogP) is -0.431. The van der Waals surface area contributed by atoms with Gasteiger partial charge in [-0.25, -0.2) is 4.79 Å². The number of carbonyl (C=O) groups is 2. The first-order valence-electron chi connectivity index (χ1n) is 4.43. The van der Waals surface area contributed by atoms with Gasteiger partial charge in [0.2, 0.25) is 5.91 Å². The highest BCUT2D eigenvalue weighted by Crippen LogP contribution is 1.89. The Morgan fingerprint density at radius 3 is 2.57 bits per heavy atom. The van der Waals surface area contributed by atoms with Crippen molar-refractivity contribution < 1.29 is 14.3 Å². The highest BCUT2D eigenvalue weighted by Gasteiger charge is 2.01. The van der Waals surface area contributed by atoms with Gasteiger partial charge in [0.05, 0.1) is 6.10 Å². The van der Waals surface area contributed by atoms with Crippen LogP contribution in [0.25, 0.3) is 0 Å². The summed E-state index contributed by atoms with van der Waals surface area (Å²) in [5, 5.41) is 2.48. The van der Waals surface area contributed by atoms with Crippen molar-refractivity contribution in [2.45, 2.75) is 20.0 Å². The Kier molecular flexibility index (Phi) is 6.39. The van der Waals surface area contributed by atoms with Gasteiger partial charge in [-0.05, 0) is 13.8 Å². The Morgan fingerprint density at radius 1 is 1.43 bits per heavy atom. The quantitative estimate of drug-likeness (QED) is 0.466. The molecule has 0 radical (unpaired) electrons. The van der Waals surface area contributed by atoms with Gasteiger partial charge in [0.1, 0.15) is 0 Å². The minimum Gasteiger partial charge on any atom is -0.460 e. The second-order valence-corrected chi connectivity index (χ2v) is 2.90. The van der Waals surface area contributed by atoms with Crippen LogP contribution in [-0.2, 0) is 14.3 Å². The average Bonchev–Trinajstić information content (AvgIpc) is 2.10. The molecular weight excluding hydrogens is 184 g/mol. The van der Waals surface area contributed by atoms with Crippen molar-refractivity contribution in [3.63, 3.8) is 0 Å². The minimum atomic E-state index is -0.525. The van der Waals surface area contributed by atoms with E-state index in [0.29, 0.717) is 13.1 Å². The zero-order valence-corrected chi connectivity index (χ0v) is 8.45. The smallest absolute Gasteiger partial charge is 0.331 e. The molecule has 0 aliphatic rings. The molecule has 0 heterocycles. The Balaban J connectivity index is 3.79.